The highest BCUT2D eigenvalue weighted by atomic mass is 79.9. The molecule has 13 nitrogen and oxygen atoms in total. The van der Waals surface area contributed by atoms with Crippen molar-refractivity contribution in [1.82, 2.24) is 9.97 Å². The minimum Gasteiger partial charge on any atom is -0.490 e. The van der Waals surface area contributed by atoms with E-state index in [1.54, 1.807) is 19.2 Å². The largest absolute Gasteiger partial charge is 0.573 e. The maximum atomic E-state index is 15.0. The molecule has 0 aliphatic carbocycles. The van der Waals surface area contributed by atoms with Crippen LogP contribution in [0.25, 0.3) is 0 Å². The molecule has 0 unspecified atom stereocenters. The Morgan fingerprint density at radius 1 is 0.652 bits per heavy atom. The number of methoxy groups -OCH3 is 2. The van der Waals surface area contributed by atoms with Gasteiger partial charge >= 0.3 is 18.7 Å². The number of aromatic nitrogens is 2. The summed E-state index contributed by atoms with van der Waals surface area (Å²) >= 11 is 17.6. The molecular weight excluding hydrogens is 1130 g/mol. The van der Waals surface area contributed by atoms with E-state index in [1.807, 2.05) is 6.92 Å². The molecule has 0 bridgehead atoms. The third-order valence-corrected chi connectivity index (χ3v) is 9.58. The second-order valence-corrected chi connectivity index (χ2v) is 15.3. The number of carbonyl (C=O) groups is 2. The number of carboxylic acids is 1. The van der Waals surface area contributed by atoms with E-state index in [2.05, 4.69) is 66.1 Å². The van der Waals surface area contributed by atoms with E-state index in [0.717, 1.165) is 40.1 Å². The molecule has 6 aromatic rings. The smallest absolute Gasteiger partial charge is 0.490 e. The van der Waals surface area contributed by atoms with E-state index >= 15 is 0 Å². The highest BCUT2D eigenvalue weighted by molar-refractivity contribution is 9.10. The average Bonchev–Trinajstić information content (AvgIpc) is 3.26. The van der Waals surface area contributed by atoms with E-state index in [-0.39, 0.29) is 5.69 Å². The summed E-state index contributed by atoms with van der Waals surface area (Å²) < 4.78 is 203. The maximum Gasteiger partial charge on any atom is 0.573 e. The minimum absolute atomic E-state index is 0.225. The van der Waals surface area contributed by atoms with Crippen LogP contribution < -0.4 is 39.5 Å². The van der Waals surface area contributed by atoms with Crippen molar-refractivity contribution in [2.75, 3.05) is 25.1 Å². The number of rotatable bonds is 11. The molecule has 0 radical (unpaired) electrons. The Hall–Kier alpha value is -6.44. The number of aromatic carboxylic acids is 1. The Kier molecular flexibility index (Phi) is 15.6. The average molecular weight is 1160 g/mol. The van der Waals surface area contributed by atoms with E-state index in [1.165, 1.54) is 12.3 Å². The van der Waals surface area contributed by atoms with Crippen molar-refractivity contribution in [3.63, 3.8) is 0 Å². The van der Waals surface area contributed by atoms with Crippen molar-refractivity contribution in [2.45, 2.75) is 26.6 Å². The van der Waals surface area contributed by atoms with Crippen molar-refractivity contribution in [3.05, 3.63) is 138 Å². The monoisotopic (exact) mass is 1160 g/mol. The van der Waals surface area contributed by atoms with Crippen molar-refractivity contribution in [3.8, 4) is 46.0 Å². The SMILES string of the molecule is Cc1cnc(Br)cc1N.[2H]C([2H])([2H])Oc1c(Oc2ccc(Cl)c(F)c2C(=O)Nc2cc(Br)ncc2C)ccc(OC(F)(F)F)c1F.[2H]C([2H])([2H])Oc1c(Oc2ccc(Cl)c(F)c2C(=O)O)ccc(OC(F)(F)F)c1F. The van der Waals surface area contributed by atoms with Crippen LogP contribution in [0.15, 0.2) is 82.3 Å². The zero-order valence-corrected chi connectivity index (χ0v) is 38.6. The highest BCUT2D eigenvalue weighted by Gasteiger charge is 2.35. The Balaban J connectivity index is 0.000000283. The van der Waals surface area contributed by atoms with Crippen LogP contribution in [-0.2, 0) is 0 Å². The molecule has 2 heterocycles. The zero-order valence-electron chi connectivity index (χ0n) is 39.9. The molecule has 4 N–H and O–H groups in total. The summed E-state index contributed by atoms with van der Waals surface area (Å²) in [6, 6.07) is 9.17. The van der Waals surface area contributed by atoms with Crippen LogP contribution in [0.4, 0.5) is 55.3 Å². The van der Waals surface area contributed by atoms with Gasteiger partial charge in [-0.3, -0.25) is 4.79 Å². The van der Waals surface area contributed by atoms with E-state index < -0.39 is 129 Å². The number of anilines is 2. The number of hydrogen-bond acceptors (Lipinski definition) is 11. The molecule has 0 spiro atoms. The number of pyridine rings is 2. The predicted octanol–water partition coefficient (Wildman–Crippen LogP) is 13.8. The first-order valence-electron chi connectivity index (χ1n) is 20.9. The maximum absolute atomic E-state index is 15.0. The number of carbonyl (C=O) groups excluding carboxylic acids is 1. The molecule has 6 rings (SSSR count). The molecule has 4 aromatic carbocycles. The lowest BCUT2D eigenvalue weighted by Gasteiger charge is -2.17. The molecule has 0 fully saturated rings. The van der Waals surface area contributed by atoms with Gasteiger partial charge in [-0.15, -0.1) is 26.3 Å². The quantitative estimate of drug-likeness (QED) is 0.0829. The summed E-state index contributed by atoms with van der Waals surface area (Å²) in [5.74, 6) is -17.9. The zero-order chi connectivity index (χ0) is 56.7. The minimum atomic E-state index is -5.31. The Labute approximate surface area is 417 Å². The van der Waals surface area contributed by atoms with Gasteiger partial charge in [0, 0.05) is 23.8 Å². The van der Waals surface area contributed by atoms with Gasteiger partial charge in [-0.2, -0.15) is 8.78 Å². The molecule has 0 aliphatic heterocycles. The summed E-state index contributed by atoms with van der Waals surface area (Å²) in [6.07, 6.45) is -7.47. The lowest BCUT2D eigenvalue weighted by atomic mass is 10.1. The summed E-state index contributed by atoms with van der Waals surface area (Å²) in [5, 5.41) is 10.5. The number of ether oxygens (including phenoxy) is 6. The second-order valence-electron chi connectivity index (χ2n) is 12.8. The number of benzene rings is 4. The number of hydrogen-bond donors (Lipinski definition) is 3. The van der Waals surface area contributed by atoms with Gasteiger partial charge in [0.2, 0.25) is 23.1 Å². The van der Waals surface area contributed by atoms with Gasteiger partial charge in [-0.25, -0.2) is 23.5 Å². The first kappa shape index (κ1) is 46.3. The number of nitrogens with one attached hydrogen (secondary N) is 1. The van der Waals surface area contributed by atoms with Crippen LogP contribution in [0.2, 0.25) is 10.0 Å². The van der Waals surface area contributed by atoms with Crippen molar-refractivity contribution >= 4 is 78.3 Å². The van der Waals surface area contributed by atoms with Crippen LogP contribution in [-0.4, -0.2) is 53.8 Å². The third-order valence-electron chi connectivity index (χ3n) is 8.13. The molecule has 0 aliphatic rings. The van der Waals surface area contributed by atoms with Crippen molar-refractivity contribution in [1.29, 1.82) is 0 Å². The molecule has 0 saturated heterocycles. The number of nitrogens with two attached hydrogens (primary N) is 1. The van der Waals surface area contributed by atoms with Gasteiger partial charge < -0.3 is 44.6 Å². The number of amides is 1. The Bertz CT molecular complexity index is 3110. The summed E-state index contributed by atoms with van der Waals surface area (Å²) in [6.45, 7) is 3.53. The third kappa shape index (κ3) is 14.8. The number of halogens is 14. The van der Waals surface area contributed by atoms with Crippen molar-refractivity contribution < 1.29 is 95.2 Å². The van der Waals surface area contributed by atoms with Gasteiger partial charge in [0.05, 0.1) is 32.3 Å². The highest BCUT2D eigenvalue weighted by Crippen LogP contribution is 2.43. The van der Waals surface area contributed by atoms with Crippen LogP contribution in [0.3, 0.4) is 0 Å². The Morgan fingerprint density at radius 2 is 1.06 bits per heavy atom. The molecule has 2 aromatic heterocycles. The van der Waals surface area contributed by atoms with E-state index in [9.17, 15) is 53.5 Å². The van der Waals surface area contributed by atoms with Crippen LogP contribution in [0.1, 0.15) is 40.1 Å². The van der Waals surface area contributed by atoms with Gasteiger partial charge in [0.15, 0.2) is 34.6 Å². The van der Waals surface area contributed by atoms with Crippen LogP contribution in [0, 0.1) is 37.1 Å². The lowest BCUT2D eigenvalue weighted by Crippen LogP contribution is -2.18. The number of nitrogens with zero attached hydrogens (tertiary/aromatic N) is 2. The fourth-order valence-corrected chi connectivity index (χ4v) is 6.01. The second kappa shape index (κ2) is 23.2. The van der Waals surface area contributed by atoms with Gasteiger partial charge in [-0.05, 0) is 117 Å². The molecule has 1 amide bonds. The molecule has 0 saturated carbocycles. The molecule has 69 heavy (non-hydrogen) atoms. The van der Waals surface area contributed by atoms with Gasteiger partial charge in [0.1, 0.15) is 31.8 Å². The summed E-state index contributed by atoms with van der Waals surface area (Å²) in [5.41, 5.74) is 6.19. The summed E-state index contributed by atoms with van der Waals surface area (Å²) in [7, 11) is -6.68. The fourth-order valence-electron chi connectivity index (χ4n) is 5.01. The molecular formula is C42H28Br2Cl2F10N4O9. The molecule has 0 atom stereocenters. The van der Waals surface area contributed by atoms with Crippen molar-refractivity contribution in [2.24, 2.45) is 0 Å². The summed E-state index contributed by atoms with van der Waals surface area (Å²) in [4.78, 5) is 32.2. The lowest BCUT2D eigenvalue weighted by molar-refractivity contribution is -0.276. The molecule has 27 heteroatoms. The number of carboxylic acid groups (broad SMARTS) is 1. The molecule has 368 valence electrons. The normalized spacial score (nSPS) is 12.6. The number of aryl methyl sites for hydroxylation is 2. The van der Waals surface area contributed by atoms with Crippen LogP contribution in [0.5, 0.6) is 46.0 Å². The van der Waals surface area contributed by atoms with Crippen LogP contribution >= 0.6 is 55.1 Å². The number of alkyl halides is 6. The Morgan fingerprint density at radius 3 is 1.48 bits per heavy atom. The number of nitrogen functional groups attached to an aromatic ring is 1. The van der Waals surface area contributed by atoms with Gasteiger partial charge in [0.25, 0.3) is 5.91 Å². The fraction of sp³-hybridized carbons (Fsp3) is 0.143. The van der Waals surface area contributed by atoms with Gasteiger partial charge in [-0.1, -0.05) is 23.2 Å². The standard InChI is InChI=1S/C21H13BrClF5N2O4.C15H8ClF5O5.C6H7BrN2/c1-9-8-29-15(22)7-11(9)30-20(31)16-12(4-3-10(23)17(16)24)33-14-6-5-13(34-21(26,27)28)18(25)19(14)32-2;1-24-13-9(5-4-8(12(13)18)26-15(19,20)21)25-7-3-2-6(16)11(17)10(7)14(22)23;1-4-3-9-6(7)2-5(4)8/h3-8H,1-2H3,(H,29,30,31);2-5H,1H3,(H,22,23);2-3H,1H3,(H2,8,9)/i2D3;1D3;. The first-order valence-corrected chi connectivity index (χ1v) is 20.2. The topological polar surface area (TPSA) is 174 Å². The van der Waals surface area contributed by atoms with E-state index in [4.69, 9.17) is 51.7 Å². The first-order chi connectivity index (χ1) is 34.4. The van der Waals surface area contributed by atoms with E-state index in [0.29, 0.717) is 34.4 Å². The predicted molar refractivity (Wildman–Crippen MR) is 235 cm³/mol.